The Bertz CT molecular complexity index is 590. The van der Waals surface area contributed by atoms with E-state index in [4.69, 9.17) is 10.4 Å². The summed E-state index contributed by atoms with van der Waals surface area (Å²) in [5, 5.41) is 18.6. The molecule has 0 radical (unpaired) electrons. The zero-order valence-corrected chi connectivity index (χ0v) is 8.06. The van der Waals surface area contributed by atoms with Crippen molar-refractivity contribution in [3.8, 4) is 6.07 Å². The maximum Gasteiger partial charge on any atom is 0.335 e. The molecule has 2 rings (SSSR count). The summed E-state index contributed by atoms with van der Waals surface area (Å²) in [5.74, 6) is -1.02. The summed E-state index contributed by atoms with van der Waals surface area (Å²) in [4.78, 5) is 10.8. The first-order valence-corrected chi connectivity index (χ1v) is 4.36. The molecule has 1 heterocycles. The molecule has 15 heavy (non-hydrogen) atoms. The molecule has 0 aliphatic heterocycles. The highest BCUT2D eigenvalue weighted by molar-refractivity contribution is 5.96. The minimum Gasteiger partial charge on any atom is -0.478 e. The zero-order chi connectivity index (χ0) is 11.0. The highest BCUT2D eigenvalue weighted by Crippen LogP contribution is 2.21. The second kappa shape index (κ2) is 3.14. The standard InChI is InChI=1S/C11H8N2O2/c1-13-3-2-7-4-8(11(14)15)5-9(6-12)10(7)13/h2-5H,1H3,(H,14,15). The van der Waals surface area contributed by atoms with Gasteiger partial charge in [-0.3, -0.25) is 0 Å². The van der Waals surface area contributed by atoms with E-state index in [0.29, 0.717) is 5.56 Å². The van der Waals surface area contributed by atoms with E-state index in [0.717, 1.165) is 10.9 Å². The van der Waals surface area contributed by atoms with Crippen LogP contribution in [-0.4, -0.2) is 15.6 Å². The molecule has 0 saturated carbocycles. The fourth-order valence-electron chi connectivity index (χ4n) is 1.65. The van der Waals surface area contributed by atoms with Crippen LogP contribution in [0.4, 0.5) is 0 Å². The molecule has 4 heteroatoms. The maximum absolute atomic E-state index is 10.8. The lowest BCUT2D eigenvalue weighted by atomic mass is 10.1. The first-order valence-electron chi connectivity index (χ1n) is 4.36. The number of hydrogen-bond acceptors (Lipinski definition) is 2. The lowest BCUT2D eigenvalue weighted by Gasteiger charge is -2.01. The molecule has 0 atom stereocenters. The number of nitriles is 1. The van der Waals surface area contributed by atoms with Crippen molar-refractivity contribution in [2.75, 3.05) is 0 Å². The molecule has 0 bridgehead atoms. The Kier molecular flexibility index (Phi) is 1.94. The Labute approximate surface area is 86.0 Å². The van der Waals surface area contributed by atoms with Gasteiger partial charge in [0.05, 0.1) is 16.6 Å². The molecule has 1 N–H and O–H groups in total. The number of aromatic nitrogens is 1. The lowest BCUT2D eigenvalue weighted by molar-refractivity contribution is 0.0697. The molecule has 74 valence electrons. The average Bonchev–Trinajstić information content (AvgIpc) is 2.59. The molecule has 0 unspecified atom stereocenters. The van der Waals surface area contributed by atoms with Gasteiger partial charge in [0.2, 0.25) is 0 Å². The van der Waals surface area contributed by atoms with Gasteiger partial charge in [-0.2, -0.15) is 5.26 Å². The number of aromatic carboxylic acids is 1. The van der Waals surface area contributed by atoms with Crippen LogP contribution >= 0.6 is 0 Å². The van der Waals surface area contributed by atoms with Gasteiger partial charge >= 0.3 is 5.97 Å². The van der Waals surface area contributed by atoms with Gasteiger partial charge in [0.1, 0.15) is 6.07 Å². The summed E-state index contributed by atoms with van der Waals surface area (Å²) in [6.07, 6.45) is 1.80. The van der Waals surface area contributed by atoms with Crippen LogP contribution in [0.15, 0.2) is 24.4 Å². The number of fused-ring (bicyclic) bond motifs is 1. The molecule has 0 amide bonds. The van der Waals surface area contributed by atoms with Crippen molar-refractivity contribution in [2.45, 2.75) is 0 Å². The van der Waals surface area contributed by atoms with Gasteiger partial charge in [0.15, 0.2) is 0 Å². The first-order chi connectivity index (χ1) is 7.13. The molecule has 1 aromatic carbocycles. The van der Waals surface area contributed by atoms with Gasteiger partial charge in [-0.05, 0) is 18.2 Å². The van der Waals surface area contributed by atoms with Crippen molar-refractivity contribution in [1.82, 2.24) is 4.57 Å². The van der Waals surface area contributed by atoms with Gasteiger partial charge in [0, 0.05) is 18.6 Å². The van der Waals surface area contributed by atoms with E-state index in [-0.39, 0.29) is 5.56 Å². The monoisotopic (exact) mass is 200 g/mol. The van der Waals surface area contributed by atoms with E-state index < -0.39 is 5.97 Å². The van der Waals surface area contributed by atoms with Crippen molar-refractivity contribution in [3.63, 3.8) is 0 Å². The number of carboxylic acid groups (broad SMARTS) is 1. The third-order valence-corrected chi connectivity index (χ3v) is 2.34. The van der Waals surface area contributed by atoms with Crippen LogP contribution in [0.2, 0.25) is 0 Å². The summed E-state index contributed by atoms with van der Waals surface area (Å²) in [5.41, 5.74) is 1.30. The highest BCUT2D eigenvalue weighted by Gasteiger charge is 2.10. The normalized spacial score (nSPS) is 10.1. The summed E-state index contributed by atoms with van der Waals surface area (Å²) in [6, 6.07) is 6.76. The molecular weight excluding hydrogens is 192 g/mol. The van der Waals surface area contributed by atoms with E-state index in [2.05, 4.69) is 0 Å². The van der Waals surface area contributed by atoms with Crippen LogP contribution in [0.5, 0.6) is 0 Å². The van der Waals surface area contributed by atoms with E-state index in [9.17, 15) is 4.79 Å². The number of aryl methyl sites for hydroxylation is 1. The molecule has 0 saturated heterocycles. The molecule has 0 aliphatic carbocycles. The number of carbonyl (C=O) groups is 1. The largest absolute Gasteiger partial charge is 0.478 e. The third kappa shape index (κ3) is 1.34. The highest BCUT2D eigenvalue weighted by atomic mass is 16.4. The van der Waals surface area contributed by atoms with E-state index in [1.165, 1.54) is 6.07 Å². The number of carboxylic acids is 1. The van der Waals surface area contributed by atoms with Gasteiger partial charge in [-0.25, -0.2) is 4.79 Å². The van der Waals surface area contributed by atoms with Crippen molar-refractivity contribution >= 4 is 16.9 Å². The molecule has 0 spiro atoms. The minimum atomic E-state index is -1.02. The topological polar surface area (TPSA) is 66.0 Å². The summed E-state index contributed by atoms with van der Waals surface area (Å²) in [7, 11) is 1.82. The van der Waals surface area contributed by atoms with E-state index in [1.54, 1.807) is 22.9 Å². The van der Waals surface area contributed by atoms with Crippen molar-refractivity contribution in [2.24, 2.45) is 7.05 Å². The van der Waals surface area contributed by atoms with Gasteiger partial charge in [0.25, 0.3) is 0 Å². The Morgan fingerprint density at radius 1 is 1.53 bits per heavy atom. The van der Waals surface area contributed by atoms with Crippen molar-refractivity contribution in [1.29, 1.82) is 5.26 Å². The number of hydrogen-bond donors (Lipinski definition) is 1. The Morgan fingerprint density at radius 3 is 2.87 bits per heavy atom. The number of nitrogens with zero attached hydrogens (tertiary/aromatic N) is 2. The molecule has 0 aliphatic rings. The van der Waals surface area contributed by atoms with Crippen LogP contribution in [0.1, 0.15) is 15.9 Å². The quantitative estimate of drug-likeness (QED) is 0.762. The van der Waals surface area contributed by atoms with Crippen LogP contribution in [-0.2, 0) is 7.05 Å². The number of rotatable bonds is 1. The van der Waals surface area contributed by atoms with Crippen molar-refractivity contribution < 1.29 is 9.90 Å². The fraction of sp³-hybridized carbons (Fsp3) is 0.0909. The maximum atomic E-state index is 10.8. The van der Waals surface area contributed by atoms with Crippen LogP contribution < -0.4 is 0 Å². The fourth-order valence-corrected chi connectivity index (χ4v) is 1.65. The molecular formula is C11H8N2O2. The predicted octanol–water partition coefficient (Wildman–Crippen LogP) is 1.75. The first kappa shape index (κ1) is 9.28. The molecule has 1 aromatic heterocycles. The van der Waals surface area contributed by atoms with Gasteiger partial charge in [-0.15, -0.1) is 0 Å². The van der Waals surface area contributed by atoms with Crippen LogP contribution in [0.25, 0.3) is 10.9 Å². The molecule has 2 aromatic rings. The second-order valence-corrected chi connectivity index (χ2v) is 3.31. The third-order valence-electron chi connectivity index (χ3n) is 2.34. The van der Waals surface area contributed by atoms with Crippen molar-refractivity contribution in [3.05, 3.63) is 35.5 Å². The van der Waals surface area contributed by atoms with E-state index in [1.807, 2.05) is 13.1 Å². The predicted molar refractivity (Wildman–Crippen MR) is 54.6 cm³/mol. The summed E-state index contributed by atoms with van der Waals surface area (Å²) < 4.78 is 1.81. The lowest BCUT2D eigenvalue weighted by Crippen LogP contribution is -1.98. The summed E-state index contributed by atoms with van der Waals surface area (Å²) >= 11 is 0. The summed E-state index contributed by atoms with van der Waals surface area (Å²) in [6.45, 7) is 0. The minimum absolute atomic E-state index is 0.144. The number of benzene rings is 1. The average molecular weight is 200 g/mol. The van der Waals surface area contributed by atoms with Gasteiger partial charge in [-0.1, -0.05) is 0 Å². The second-order valence-electron chi connectivity index (χ2n) is 3.31. The van der Waals surface area contributed by atoms with E-state index >= 15 is 0 Å². The zero-order valence-electron chi connectivity index (χ0n) is 8.06. The Balaban J connectivity index is 2.86. The van der Waals surface area contributed by atoms with Crippen LogP contribution in [0.3, 0.4) is 0 Å². The smallest absolute Gasteiger partial charge is 0.335 e. The molecule has 0 fully saturated rings. The Hall–Kier alpha value is -2.28. The Morgan fingerprint density at radius 2 is 2.27 bits per heavy atom. The molecule has 4 nitrogen and oxygen atoms in total. The SMILES string of the molecule is Cn1ccc2cc(C(=O)O)cc(C#N)c21. The van der Waals surface area contributed by atoms with Gasteiger partial charge < -0.3 is 9.67 Å². The van der Waals surface area contributed by atoms with Crippen LogP contribution in [0, 0.1) is 11.3 Å².